The molecule has 7 nitrogen and oxygen atoms in total. The highest BCUT2D eigenvalue weighted by molar-refractivity contribution is 5.73. The van der Waals surface area contributed by atoms with Crippen molar-refractivity contribution in [1.82, 2.24) is 20.5 Å². The first-order chi connectivity index (χ1) is 12.3. The van der Waals surface area contributed by atoms with Gasteiger partial charge in [0, 0.05) is 63.1 Å². The summed E-state index contributed by atoms with van der Waals surface area (Å²) in [7, 11) is 0. The van der Waals surface area contributed by atoms with E-state index >= 15 is 0 Å². The van der Waals surface area contributed by atoms with Gasteiger partial charge < -0.3 is 20.1 Å². The normalized spacial score (nSPS) is 22.5. The third-order valence-electron chi connectivity index (χ3n) is 4.89. The standard InChI is InChI=1S/C18H28N4O3/c23-18(20-7-4-16-3-1-2-6-19-16)21-13-17(15-5-10-25-14-15)22-8-11-24-12-9-22/h1-3,6,15,17H,4-5,7-14H2,(H2,20,21,23). The molecule has 1 aromatic rings. The van der Waals surface area contributed by atoms with Crippen LogP contribution in [0.25, 0.3) is 0 Å². The van der Waals surface area contributed by atoms with Crippen LogP contribution in [0.2, 0.25) is 0 Å². The van der Waals surface area contributed by atoms with E-state index in [2.05, 4.69) is 20.5 Å². The van der Waals surface area contributed by atoms with E-state index in [-0.39, 0.29) is 6.03 Å². The van der Waals surface area contributed by atoms with Crippen LogP contribution < -0.4 is 10.6 Å². The molecular weight excluding hydrogens is 320 g/mol. The van der Waals surface area contributed by atoms with Crippen LogP contribution in [0.15, 0.2) is 24.4 Å². The number of rotatable bonds is 7. The van der Waals surface area contributed by atoms with Crippen LogP contribution in [0.3, 0.4) is 0 Å². The van der Waals surface area contributed by atoms with Gasteiger partial charge in [0.2, 0.25) is 0 Å². The Bertz CT molecular complexity index is 516. The summed E-state index contributed by atoms with van der Waals surface area (Å²) in [6.45, 7) is 6.20. The highest BCUT2D eigenvalue weighted by atomic mass is 16.5. The second kappa shape index (κ2) is 9.70. The van der Waals surface area contributed by atoms with Crippen molar-refractivity contribution in [2.75, 3.05) is 52.6 Å². The average Bonchev–Trinajstić information content (AvgIpc) is 3.18. The number of urea groups is 1. The molecule has 0 saturated carbocycles. The molecule has 25 heavy (non-hydrogen) atoms. The predicted octanol–water partition coefficient (Wildman–Crippen LogP) is 0.661. The first kappa shape index (κ1) is 18.1. The summed E-state index contributed by atoms with van der Waals surface area (Å²) in [6.07, 6.45) is 3.56. The third-order valence-corrected chi connectivity index (χ3v) is 4.89. The summed E-state index contributed by atoms with van der Waals surface area (Å²) < 4.78 is 11.0. The van der Waals surface area contributed by atoms with Crippen LogP contribution in [-0.2, 0) is 15.9 Å². The van der Waals surface area contributed by atoms with Crippen LogP contribution >= 0.6 is 0 Å². The fraction of sp³-hybridized carbons (Fsp3) is 0.667. The number of carbonyl (C=O) groups excluding carboxylic acids is 1. The van der Waals surface area contributed by atoms with Gasteiger partial charge in [0.05, 0.1) is 19.8 Å². The van der Waals surface area contributed by atoms with E-state index in [4.69, 9.17) is 9.47 Å². The van der Waals surface area contributed by atoms with Crippen molar-refractivity contribution < 1.29 is 14.3 Å². The van der Waals surface area contributed by atoms with E-state index in [1.807, 2.05) is 18.2 Å². The third kappa shape index (κ3) is 5.66. The summed E-state index contributed by atoms with van der Waals surface area (Å²) >= 11 is 0. The summed E-state index contributed by atoms with van der Waals surface area (Å²) in [4.78, 5) is 18.8. The number of hydrogen-bond donors (Lipinski definition) is 2. The molecule has 2 unspecified atom stereocenters. The molecule has 2 N–H and O–H groups in total. The minimum atomic E-state index is -0.117. The number of nitrogens with one attached hydrogen (secondary N) is 2. The second-order valence-electron chi connectivity index (χ2n) is 6.55. The van der Waals surface area contributed by atoms with E-state index in [1.54, 1.807) is 6.20 Å². The summed E-state index contributed by atoms with van der Waals surface area (Å²) in [6, 6.07) is 6.01. The first-order valence-electron chi connectivity index (χ1n) is 9.14. The van der Waals surface area contributed by atoms with Crippen LogP contribution in [0.5, 0.6) is 0 Å². The maximum absolute atomic E-state index is 12.1. The highest BCUT2D eigenvalue weighted by Gasteiger charge is 2.31. The maximum atomic E-state index is 12.1. The van der Waals surface area contributed by atoms with E-state index in [9.17, 15) is 4.79 Å². The summed E-state index contributed by atoms with van der Waals surface area (Å²) in [5.74, 6) is 0.479. The number of ether oxygens (including phenoxy) is 2. The monoisotopic (exact) mass is 348 g/mol. The van der Waals surface area contributed by atoms with Gasteiger partial charge in [0.25, 0.3) is 0 Å². The number of hydrogen-bond acceptors (Lipinski definition) is 5. The number of nitrogens with zero attached hydrogens (tertiary/aromatic N) is 2. The minimum Gasteiger partial charge on any atom is -0.381 e. The molecule has 1 aromatic heterocycles. The number of pyridine rings is 1. The molecule has 7 heteroatoms. The number of amides is 2. The lowest BCUT2D eigenvalue weighted by atomic mass is 9.97. The van der Waals surface area contributed by atoms with Crippen molar-refractivity contribution in [3.8, 4) is 0 Å². The number of aromatic nitrogens is 1. The Kier molecular flexibility index (Phi) is 7.02. The molecule has 3 rings (SSSR count). The first-order valence-corrected chi connectivity index (χ1v) is 9.14. The Labute approximate surface area is 149 Å². The second-order valence-corrected chi connectivity index (χ2v) is 6.55. The van der Waals surface area contributed by atoms with Gasteiger partial charge in [-0.3, -0.25) is 9.88 Å². The van der Waals surface area contributed by atoms with Gasteiger partial charge >= 0.3 is 6.03 Å². The molecule has 138 valence electrons. The zero-order valence-electron chi connectivity index (χ0n) is 14.7. The molecule has 0 spiro atoms. The SMILES string of the molecule is O=C(NCCc1ccccn1)NCC(C1CCOC1)N1CCOCC1. The van der Waals surface area contributed by atoms with Gasteiger partial charge in [-0.15, -0.1) is 0 Å². The fourth-order valence-electron chi connectivity index (χ4n) is 3.47. The largest absolute Gasteiger partial charge is 0.381 e. The zero-order chi connectivity index (χ0) is 17.3. The maximum Gasteiger partial charge on any atom is 0.314 e. The lowest BCUT2D eigenvalue weighted by Gasteiger charge is -2.37. The van der Waals surface area contributed by atoms with Gasteiger partial charge in [-0.25, -0.2) is 4.79 Å². The minimum absolute atomic E-state index is 0.117. The lowest BCUT2D eigenvalue weighted by Crippen LogP contribution is -2.53. The lowest BCUT2D eigenvalue weighted by molar-refractivity contribution is 0.00213. The van der Waals surface area contributed by atoms with E-state index in [0.717, 1.165) is 58.1 Å². The molecule has 0 aliphatic carbocycles. The molecule has 2 fully saturated rings. The van der Waals surface area contributed by atoms with Crippen molar-refractivity contribution in [2.45, 2.75) is 18.9 Å². The molecule has 0 aromatic carbocycles. The Morgan fingerprint density at radius 1 is 1.24 bits per heavy atom. The van der Waals surface area contributed by atoms with E-state index in [1.165, 1.54) is 0 Å². The fourth-order valence-corrected chi connectivity index (χ4v) is 3.47. The average molecular weight is 348 g/mol. The predicted molar refractivity (Wildman–Crippen MR) is 94.4 cm³/mol. The molecule has 0 radical (unpaired) electrons. The number of morpholine rings is 1. The van der Waals surface area contributed by atoms with Gasteiger partial charge in [-0.2, -0.15) is 0 Å². The molecular formula is C18H28N4O3. The molecule has 2 aliphatic rings. The van der Waals surface area contributed by atoms with Gasteiger partial charge in [0.15, 0.2) is 0 Å². The number of carbonyl (C=O) groups is 1. The van der Waals surface area contributed by atoms with Crippen molar-refractivity contribution >= 4 is 6.03 Å². The highest BCUT2D eigenvalue weighted by Crippen LogP contribution is 2.21. The molecule has 3 heterocycles. The molecule has 2 atom stereocenters. The van der Waals surface area contributed by atoms with Crippen molar-refractivity contribution in [3.63, 3.8) is 0 Å². The smallest absolute Gasteiger partial charge is 0.314 e. The zero-order valence-corrected chi connectivity index (χ0v) is 14.7. The topological polar surface area (TPSA) is 75.7 Å². The molecule has 2 amide bonds. The van der Waals surface area contributed by atoms with Gasteiger partial charge in [-0.1, -0.05) is 6.07 Å². The Hall–Kier alpha value is -1.70. The van der Waals surface area contributed by atoms with Crippen LogP contribution in [0.1, 0.15) is 12.1 Å². The Balaban J connectivity index is 1.42. The van der Waals surface area contributed by atoms with E-state index in [0.29, 0.717) is 25.0 Å². The van der Waals surface area contributed by atoms with Gasteiger partial charge in [-0.05, 0) is 18.6 Å². The van der Waals surface area contributed by atoms with Crippen molar-refractivity contribution in [1.29, 1.82) is 0 Å². The molecule has 2 saturated heterocycles. The summed E-state index contributed by atoms with van der Waals surface area (Å²) in [5.41, 5.74) is 0.983. The van der Waals surface area contributed by atoms with Gasteiger partial charge in [0.1, 0.15) is 0 Å². The van der Waals surface area contributed by atoms with Crippen molar-refractivity contribution in [3.05, 3.63) is 30.1 Å². The van der Waals surface area contributed by atoms with Crippen LogP contribution in [-0.4, -0.2) is 74.6 Å². The molecule has 2 aliphatic heterocycles. The molecule has 0 bridgehead atoms. The Morgan fingerprint density at radius 2 is 2.12 bits per heavy atom. The quantitative estimate of drug-likeness (QED) is 0.757. The van der Waals surface area contributed by atoms with Crippen molar-refractivity contribution in [2.24, 2.45) is 5.92 Å². The van der Waals surface area contributed by atoms with Crippen LogP contribution in [0, 0.1) is 5.92 Å². The van der Waals surface area contributed by atoms with Crippen LogP contribution in [0.4, 0.5) is 4.79 Å². The summed E-state index contributed by atoms with van der Waals surface area (Å²) in [5, 5.41) is 5.95. The van der Waals surface area contributed by atoms with E-state index < -0.39 is 0 Å². The Morgan fingerprint density at radius 3 is 2.84 bits per heavy atom.